The Kier molecular flexibility index (Phi) is 10.7. The molecule has 6 aromatic carbocycles. The van der Waals surface area contributed by atoms with Crippen LogP contribution in [-0.4, -0.2) is 42.2 Å². The highest BCUT2D eigenvalue weighted by Crippen LogP contribution is 2.39. The Hall–Kier alpha value is -8.73. The number of nitrogens with zero attached hydrogens (tertiary/aromatic N) is 6. The zero-order valence-electron chi connectivity index (χ0n) is 38.4. The first-order valence-electron chi connectivity index (χ1n) is 22.8. The molecule has 0 fully saturated rings. The molecule has 0 radical (unpaired) electrons. The monoisotopic (exact) mass is 997 g/mol. The van der Waals surface area contributed by atoms with E-state index in [0.717, 1.165) is 22.3 Å². The molecule has 12 aromatic rings. The number of halogens is 3. The van der Waals surface area contributed by atoms with Gasteiger partial charge in [0, 0.05) is 35.9 Å². The van der Waals surface area contributed by atoms with Crippen LogP contribution in [0.5, 0.6) is 0 Å². The molecule has 0 aliphatic rings. The largest absolute Gasteiger partial charge is 0.450 e. The molecular weight excluding hydrogens is 961 g/mol. The fourth-order valence-electron chi connectivity index (χ4n) is 9.49. The molecule has 0 amide bonds. The van der Waals surface area contributed by atoms with Crippen LogP contribution < -0.4 is 33.0 Å². The summed E-state index contributed by atoms with van der Waals surface area (Å²) in [7, 11) is 1.67. The minimum atomic E-state index is -0.628. The zero-order valence-corrected chi connectivity index (χ0v) is 39.9. The van der Waals surface area contributed by atoms with E-state index < -0.39 is 22.9 Å². The van der Waals surface area contributed by atoms with E-state index in [4.69, 9.17) is 36.5 Å². The van der Waals surface area contributed by atoms with E-state index in [1.165, 1.54) is 31.9 Å². The molecule has 6 aromatic heterocycles. The lowest BCUT2D eigenvalue weighted by Gasteiger charge is -2.14. The van der Waals surface area contributed by atoms with E-state index in [-0.39, 0.29) is 23.8 Å². The Morgan fingerprint density at radius 2 is 1.18 bits per heavy atom. The molecular formula is C54H38Cl2FN9O6. The molecule has 15 nitrogen and oxygen atoms in total. The molecule has 0 spiro atoms. The van der Waals surface area contributed by atoms with Gasteiger partial charge in [0.05, 0.1) is 27.5 Å². The Morgan fingerprint density at radius 1 is 0.583 bits per heavy atom. The van der Waals surface area contributed by atoms with Crippen molar-refractivity contribution in [2.45, 2.75) is 26.8 Å². The number of anilines is 3. The van der Waals surface area contributed by atoms with Crippen LogP contribution in [0.1, 0.15) is 22.3 Å². The highest BCUT2D eigenvalue weighted by atomic mass is 35.5. The summed E-state index contributed by atoms with van der Waals surface area (Å²) in [6, 6.07) is 35.1. The Labute approximate surface area is 415 Å². The topological polar surface area (TPSA) is 180 Å². The number of aromatic nitrogens is 6. The molecule has 356 valence electrons. The van der Waals surface area contributed by atoms with Gasteiger partial charge in [0.15, 0.2) is 34.2 Å². The van der Waals surface area contributed by atoms with Crippen molar-refractivity contribution in [2.75, 3.05) is 29.5 Å². The third-order valence-corrected chi connectivity index (χ3v) is 13.4. The molecule has 72 heavy (non-hydrogen) atoms. The van der Waals surface area contributed by atoms with Gasteiger partial charge >= 0.3 is 17.1 Å². The molecule has 0 bridgehead atoms. The fraction of sp³-hybridized carbons (Fsp3) is 0.111. The van der Waals surface area contributed by atoms with E-state index in [0.29, 0.717) is 107 Å². The van der Waals surface area contributed by atoms with Gasteiger partial charge in [0.25, 0.3) is 0 Å². The summed E-state index contributed by atoms with van der Waals surface area (Å²) in [4.78, 5) is 54.9. The van der Waals surface area contributed by atoms with Crippen molar-refractivity contribution in [1.82, 2.24) is 28.7 Å². The predicted molar refractivity (Wildman–Crippen MR) is 280 cm³/mol. The van der Waals surface area contributed by atoms with Crippen molar-refractivity contribution in [3.05, 3.63) is 191 Å². The van der Waals surface area contributed by atoms with Gasteiger partial charge in [-0.15, -0.1) is 0 Å². The Balaban J connectivity index is 0.855. The van der Waals surface area contributed by atoms with Gasteiger partial charge < -0.3 is 29.2 Å². The van der Waals surface area contributed by atoms with Gasteiger partial charge in [-0.1, -0.05) is 59.6 Å². The van der Waals surface area contributed by atoms with Crippen LogP contribution in [-0.2, 0) is 13.0 Å². The van der Waals surface area contributed by atoms with Gasteiger partial charge in [0.2, 0.25) is 0 Å². The number of rotatable bonds is 11. The van der Waals surface area contributed by atoms with Gasteiger partial charge in [-0.25, -0.2) is 18.8 Å². The summed E-state index contributed by atoms with van der Waals surface area (Å²) in [6.07, 6.45) is 0.438. The van der Waals surface area contributed by atoms with Crippen LogP contribution in [0.15, 0.2) is 149 Å². The van der Waals surface area contributed by atoms with E-state index in [1.54, 1.807) is 55.6 Å². The molecule has 0 saturated carbocycles. The van der Waals surface area contributed by atoms with Crippen molar-refractivity contribution in [1.29, 1.82) is 0 Å². The molecule has 18 heteroatoms. The highest BCUT2D eigenvalue weighted by Gasteiger charge is 2.24. The quantitative estimate of drug-likeness (QED) is 0.112. The average Bonchev–Trinajstić information content (AvgIpc) is 4.06. The summed E-state index contributed by atoms with van der Waals surface area (Å²) in [6.45, 7) is 4.39. The van der Waals surface area contributed by atoms with Gasteiger partial charge in [-0.3, -0.25) is 13.7 Å². The van der Waals surface area contributed by atoms with Gasteiger partial charge in [-0.05, 0) is 127 Å². The van der Waals surface area contributed by atoms with E-state index in [9.17, 15) is 18.8 Å². The normalized spacial score (nSPS) is 11.8. The molecule has 0 aliphatic carbocycles. The number of nitrogens with one attached hydrogen (secondary N) is 3. The number of fused-ring (bicyclic) bond motifs is 9. The predicted octanol–water partition coefficient (Wildman–Crippen LogP) is 11.4. The first kappa shape index (κ1) is 44.5. The molecule has 0 saturated heterocycles. The molecule has 3 N–H and O–H groups in total. The summed E-state index contributed by atoms with van der Waals surface area (Å²) in [5.74, 6) is 0.212. The minimum Gasteiger partial charge on any atom is -0.450 e. The highest BCUT2D eigenvalue weighted by molar-refractivity contribution is 6.37. The van der Waals surface area contributed by atoms with Gasteiger partial charge in [0.1, 0.15) is 39.1 Å². The van der Waals surface area contributed by atoms with Crippen LogP contribution >= 0.6 is 23.2 Å². The first-order valence-corrected chi connectivity index (χ1v) is 23.5. The average molecular weight is 999 g/mol. The van der Waals surface area contributed by atoms with Crippen molar-refractivity contribution >= 4 is 107 Å². The summed E-state index contributed by atoms with van der Waals surface area (Å²) >= 11 is 13.1. The van der Waals surface area contributed by atoms with Crippen molar-refractivity contribution in [3.63, 3.8) is 0 Å². The first-order chi connectivity index (χ1) is 34.9. The maximum atomic E-state index is 15.0. The molecule has 0 unspecified atom stereocenters. The molecule has 0 aliphatic heterocycles. The second kappa shape index (κ2) is 17.3. The summed E-state index contributed by atoms with van der Waals surface area (Å²) in [5, 5.41) is 12.1. The lowest BCUT2D eigenvalue weighted by atomic mass is 10.1. The number of furan rings is 3. The van der Waals surface area contributed by atoms with Gasteiger partial charge in [-0.2, -0.15) is 15.0 Å². The SMILES string of the molecule is CNc1nc(=O)n(-c2ccc(CNc3nc(=O)n(-c4cccc(CCNc5nc(=O)n(-c6cccc(C)c6)c6c5oc5cccc(Cl)c56)c4)c4c3oc3ccc(F)cc34)c(C)c2)c2c1oc1ccc(Cl)cc12. The third-order valence-electron chi connectivity index (χ3n) is 12.8. The van der Waals surface area contributed by atoms with Crippen LogP contribution in [0.4, 0.5) is 21.8 Å². The Bertz CT molecular complexity index is 4420. The summed E-state index contributed by atoms with van der Waals surface area (Å²) in [5.41, 5.74) is 7.22. The lowest BCUT2D eigenvalue weighted by molar-refractivity contribution is 0.626. The van der Waals surface area contributed by atoms with Crippen molar-refractivity contribution in [3.8, 4) is 17.1 Å². The summed E-state index contributed by atoms with van der Waals surface area (Å²) < 4.78 is 38.2. The third kappa shape index (κ3) is 7.41. The van der Waals surface area contributed by atoms with Crippen LogP contribution in [0, 0.1) is 19.7 Å². The smallest absolute Gasteiger partial charge is 0.354 e. The minimum absolute atomic E-state index is 0.160. The molecule has 12 rings (SSSR count). The number of aryl methyl sites for hydroxylation is 2. The van der Waals surface area contributed by atoms with E-state index >= 15 is 0 Å². The second-order valence-electron chi connectivity index (χ2n) is 17.4. The van der Waals surface area contributed by atoms with Crippen LogP contribution in [0.2, 0.25) is 10.0 Å². The maximum absolute atomic E-state index is 15.0. The molecule has 6 heterocycles. The van der Waals surface area contributed by atoms with Crippen LogP contribution in [0.3, 0.4) is 0 Å². The van der Waals surface area contributed by atoms with Crippen molar-refractivity contribution < 1.29 is 17.6 Å². The van der Waals surface area contributed by atoms with E-state index in [1.807, 2.05) is 68.4 Å². The van der Waals surface area contributed by atoms with Crippen LogP contribution in [0.25, 0.3) is 83.3 Å². The van der Waals surface area contributed by atoms with Crippen molar-refractivity contribution in [2.24, 2.45) is 0 Å². The standard InChI is InChI=1S/C54H38Cl2FN9O6/c1-27-7-4-9-33(21-27)66-45-42-38(56)11-6-12-41(42)72-48(45)50(62-54(66)69)59-20-19-29-8-5-10-34(23-29)64-44-37-25-32(57)15-18-40(37)71-47(44)51(63-53(64)68)60-26-30-13-16-35(22-28(30)2)65-43-36-24-31(55)14-17-39(36)70-46(43)49(58-3)61-52(65)67/h4-18,21-25H,19-20,26H2,1-3H3,(H,58,61,67)(H,59,62,69)(H,60,63,68). The maximum Gasteiger partial charge on any atom is 0.354 e. The number of benzene rings is 6. The molecule has 0 atom stereocenters. The van der Waals surface area contributed by atoms with E-state index in [2.05, 4.69) is 30.9 Å². The fourth-order valence-corrected chi connectivity index (χ4v) is 9.91. The Morgan fingerprint density at radius 3 is 1.90 bits per heavy atom. The number of hydrogen-bond donors (Lipinski definition) is 3. The second-order valence-corrected chi connectivity index (χ2v) is 18.2. The zero-order chi connectivity index (χ0) is 49.5. The number of hydrogen-bond acceptors (Lipinski definition) is 12. The lowest BCUT2D eigenvalue weighted by Crippen LogP contribution is -2.24.